The fourth-order valence-corrected chi connectivity index (χ4v) is 1.51. The highest BCUT2D eigenvalue weighted by Gasteiger charge is 2.00. The number of nitrogens with one attached hydrogen (secondary N) is 2. The molecule has 0 saturated heterocycles. The second kappa shape index (κ2) is 5.30. The van der Waals surface area contributed by atoms with Crippen molar-refractivity contribution in [3.63, 3.8) is 0 Å². The molecular weight excluding hydrogens is 230 g/mol. The van der Waals surface area contributed by atoms with Crippen LogP contribution in [0.3, 0.4) is 0 Å². The summed E-state index contributed by atoms with van der Waals surface area (Å²) in [6, 6.07) is 5.73. The summed E-state index contributed by atoms with van der Waals surface area (Å²) in [7, 11) is 3.74. The molecule has 1 rings (SSSR count). The van der Waals surface area contributed by atoms with E-state index in [-0.39, 0.29) is 0 Å². The molecule has 15 heavy (non-hydrogen) atoms. The van der Waals surface area contributed by atoms with E-state index in [1.54, 1.807) is 5.01 Å². The number of rotatable bonds is 2. The summed E-state index contributed by atoms with van der Waals surface area (Å²) in [5.41, 5.74) is 4.87. The number of anilines is 1. The smallest absolute Gasteiger partial charge is 0.185 e. The van der Waals surface area contributed by atoms with Crippen LogP contribution in [0.2, 0.25) is 5.02 Å². The molecule has 0 amide bonds. The first-order valence-corrected chi connectivity index (χ1v) is 5.29. The Hall–Kier alpha value is -0.840. The highest BCUT2D eigenvalue weighted by atomic mass is 35.5. The predicted molar refractivity (Wildman–Crippen MR) is 69.2 cm³/mol. The van der Waals surface area contributed by atoms with Crippen LogP contribution in [-0.2, 0) is 0 Å². The number of halogens is 1. The standard InChI is InChI=1S/C10H14ClN3S/c1-7-4-5-8(6-9(7)11)12-10(15)13-14(2)3/h4-6H,1-3H3,(H2,12,13,15). The topological polar surface area (TPSA) is 27.3 Å². The van der Waals surface area contributed by atoms with Gasteiger partial charge in [-0.2, -0.15) is 0 Å². The molecule has 0 heterocycles. The average Bonchev–Trinajstić information content (AvgIpc) is 2.10. The molecule has 0 unspecified atom stereocenters. The molecule has 0 bridgehead atoms. The first kappa shape index (κ1) is 12.2. The maximum absolute atomic E-state index is 5.99. The Balaban J connectivity index is 2.65. The summed E-state index contributed by atoms with van der Waals surface area (Å²) >= 11 is 11.1. The Morgan fingerprint density at radius 3 is 2.60 bits per heavy atom. The van der Waals surface area contributed by atoms with Crippen LogP contribution in [0.5, 0.6) is 0 Å². The first-order valence-electron chi connectivity index (χ1n) is 4.50. The summed E-state index contributed by atoms with van der Waals surface area (Å²) in [4.78, 5) is 0. The highest BCUT2D eigenvalue weighted by Crippen LogP contribution is 2.19. The van der Waals surface area contributed by atoms with Crippen molar-refractivity contribution in [2.24, 2.45) is 0 Å². The van der Waals surface area contributed by atoms with Crippen molar-refractivity contribution in [2.45, 2.75) is 6.92 Å². The Morgan fingerprint density at radius 2 is 2.07 bits per heavy atom. The van der Waals surface area contributed by atoms with Crippen LogP contribution < -0.4 is 10.7 Å². The van der Waals surface area contributed by atoms with Crippen LogP contribution in [-0.4, -0.2) is 24.2 Å². The van der Waals surface area contributed by atoms with Crippen molar-refractivity contribution in [1.29, 1.82) is 0 Å². The summed E-state index contributed by atoms with van der Waals surface area (Å²) in [5, 5.41) is 6.08. The number of hydrogen-bond acceptors (Lipinski definition) is 2. The van der Waals surface area contributed by atoms with Gasteiger partial charge in [0.1, 0.15) is 0 Å². The number of nitrogens with zero attached hydrogens (tertiary/aromatic N) is 1. The Labute approximate surface area is 100 Å². The minimum Gasteiger partial charge on any atom is -0.332 e. The van der Waals surface area contributed by atoms with E-state index in [9.17, 15) is 0 Å². The third-order valence-electron chi connectivity index (χ3n) is 1.75. The lowest BCUT2D eigenvalue weighted by atomic mass is 10.2. The van der Waals surface area contributed by atoms with Crippen LogP contribution in [0.4, 0.5) is 5.69 Å². The fraction of sp³-hybridized carbons (Fsp3) is 0.300. The molecule has 0 aliphatic rings. The number of thiocarbonyl (C=S) groups is 1. The van der Waals surface area contributed by atoms with Crippen LogP contribution in [0.15, 0.2) is 18.2 Å². The van der Waals surface area contributed by atoms with E-state index >= 15 is 0 Å². The summed E-state index contributed by atoms with van der Waals surface area (Å²) in [5.74, 6) is 0. The Morgan fingerprint density at radius 1 is 1.40 bits per heavy atom. The highest BCUT2D eigenvalue weighted by molar-refractivity contribution is 7.80. The van der Waals surface area contributed by atoms with Gasteiger partial charge in [-0.1, -0.05) is 17.7 Å². The van der Waals surface area contributed by atoms with Gasteiger partial charge in [-0.05, 0) is 36.8 Å². The van der Waals surface area contributed by atoms with Gasteiger partial charge in [-0.15, -0.1) is 0 Å². The van der Waals surface area contributed by atoms with E-state index in [0.29, 0.717) is 5.11 Å². The SMILES string of the molecule is Cc1ccc(NC(=S)NN(C)C)cc1Cl. The number of hydrogen-bond donors (Lipinski definition) is 2. The molecule has 0 aromatic heterocycles. The molecule has 1 aromatic carbocycles. The lowest BCUT2D eigenvalue weighted by Gasteiger charge is -2.15. The molecule has 0 aliphatic heterocycles. The monoisotopic (exact) mass is 243 g/mol. The lowest BCUT2D eigenvalue weighted by Crippen LogP contribution is -2.38. The van der Waals surface area contributed by atoms with E-state index in [0.717, 1.165) is 16.3 Å². The Kier molecular flexibility index (Phi) is 4.32. The molecule has 82 valence electrons. The second-order valence-electron chi connectivity index (χ2n) is 3.42. The molecule has 0 radical (unpaired) electrons. The van der Waals surface area contributed by atoms with Gasteiger partial charge >= 0.3 is 0 Å². The molecule has 0 saturated carbocycles. The third kappa shape index (κ3) is 4.03. The number of aryl methyl sites for hydroxylation is 1. The summed E-state index contributed by atoms with van der Waals surface area (Å²) < 4.78 is 0. The molecule has 0 atom stereocenters. The van der Waals surface area contributed by atoms with Crippen LogP contribution in [0.1, 0.15) is 5.56 Å². The van der Waals surface area contributed by atoms with Gasteiger partial charge in [-0.3, -0.25) is 5.43 Å². The number of benzene rings is 1. The van der Waals surface area contributed by atoms with Gasteiger partial charge in [0.2, 0.25) is 0 Å². The maximum atomic E-state index is 5.99. The fourth-order valence-electron chi connectivity index (χ4n) is 1.03. The third-order valence-corrected chi connectivity index (χ3v) is 2.36. The molecule has 3 nitrogen and oxygen atoms in total. The van der Waals surface area contributed by atoms with Crippen molar-refractivity contribution in [3.8, 4) is 0 Å². The van der Waals surface area contributed by atoms with Gasteiger partial charge in [-0.25, -0.2) is 5.01 Å². The van der Waals surface area contributed by atoms with Gasteiger partial charge in [0.05, 0.1) is 0 Å². The van der Waals surface area contributed by atoms with Crippen LogP contribution >= 0.6 is 23.8 Å². The molecule has 0 spiro atoms. The van der Waals surface area contributed by atoms with Crippen molar-refractivity contribution in [1.82, 2.24) is 10.4 Å². The minimum absolute atomic E-state index is 0.542. The molecule has 2 N–H and O–H groups in total. The molecule has 1 aromatic rings. The lowest BCUT2D eigenvalue weighted by molar-refractivity contribution is 0.365. The normalized spacial score (nSPS) is 10.2. The first-order chi connectivity index (χ1) is 6.99. The quantitative estimate of drug-likeness (QED) is 0.616. The van der Waals surface area contributed by atoms with E-state index in [1.807, 2.05) is 39.2 Å². The van der Waals surface area contributed by atoms with E-state index in [2.05, 4.69) is 10.7 Å². The summed E-state index contributed by atoms with van der Waals surface area (Å²) in [6.07, 6.45) is 0. The van der Waals surface area contributed by atoms with E-state index in [4.69, 9.17) is 23.8 Å². The Bertz CT molecular complexity index is 366. The van der Waals surface area contributed by atoms with Gasteiger partial charge in [0.15, 0.2) is 5.11 Å². The second-order valence-corrected chi connectivity index (χ2v) is 4.24. The average molecular weight is 244 g/mol. The largest absolute Gasteiger partial charge is 0.332 e. The zero-order valence-electron chi connectivity index (χ0n) is 8.97. The number of hydrazine groups is 1. The predicted octanol–water partition coefficient (Wildman–Crippen LogP) is 2.41. The zero-order chi connectivity index (χ0) is 11.4. The molecule has 0 fully saturated rings. The maximum Gasteiger partial charge on any atom is 0.185 e. The van der Waals surface area contributed by atoms with E-state index in [1.165, 1.54) is 0 Å². The molecular formula is C10H14ClN3S. The van der Waals surface area contributed by atoms with Crippen LogP contribution in [0.25, 0.3) is 0 Å². The zero-order valence-corrected chi connectivity index (χ0v) is 10.5. The van der Waals surface area contributed by atoms with Crippen molar-refractivity contribution >= 4 is 34.6 Å². The molecule has 0 aliphatic carbocycles. The summed E-state index contributed by atoms with van der Waals surface area (Å²) in [6.45, 7) is 1.96. The van der Waals surface area contributed by atoms with Gasteiger partial charge in [0, 0.05) is 24.8 Å². The van der Waals surface area contributed by atoms with Gasteiger partial charge < -0.3 is 5.32 Å². The van der Waals surface area contributed by atoms with Crippen molar-refractivity contribution < 1.29 is 0 Å². The van der Waals surface area contributed by atoms with Crippen molar-refractivity contribution in [2.75, 3.05) is 19.4 Å². The minimum atomic E-state index is 0.542. The van der Waals surface area contributed by atoms with Crippen LogP contribution in [0, 0.1) is 6.92 Å². The van der Waals surface area contributed by atoms with Gasteiger partial charge in [0.25, 0.3) is 0 Å². The molecule has 5 heteroatoms. The van der Waals surface area contributed by atoms with E-state index < -0.39 is 0 Å². The van der Waals surface area contributed by atoms with Crippen molar-refractivity contribution in [3.05, 3.63) is 28.8 Å².